The van der Waals surface area contributed by atoms with E-state index >= 15 is 0 Å². The molecular formula is C29H23N. The third-order valence-electron chi connectivity index (χ3n) is 5.56. The number of hydrogen-bond acceptors (Lipinski definition) is 1. The zero-order chi connectivity index (χ0) is 20.3. The maximum atomic E-state index is 2.32. The van der Waals surface area contributed by atoms with Gasteiger partial charge in [-0.1, -0.05) is 84.9 Å². The van der Waals surface area contributed by atoms with Crippen LogP contribution in [-0.2, 0) is 0 Å². The lowest BCUT2D eigenvalue weighted by Gasteiger charge is -2.26. The highest BCUT2D eigenvalue weighted by molar-refractivity contribution is 6.00. The fraction of sp³-hybridized carbons (Fsp3) is 0.0345. The summed E-state index contributed by atoms with van der Waals surface area (Å²) < 4.78 is 0. The third kappa shape index (κ3) is 3.46. The molecule has 0 spiro atoms. The maximum absolute atomic E-state index is 2.32. The third-order valence-corrected chi connectivity index (χ3v) is 5.56. The van der Waals surface area contributed by atoms with Crippen LogP contribution in [0.2, 0.25) is 0 Å². The molecule has 0 fully saturated rings. The number of rotatable bonds is 3. The predicted octanol–water partition coefficient (Wildman–Crippen LogP) is 8.33. The van der Waals surface area contributed by atoms with Crippen molar-refractivity contribution in [3.8, 4) is 0 Å². The molecule has 1 nitrogen and oxygen atoms in total. The molecule has 0 aliphatic heterocycles. The molecule has 0 unspecified atom stereocenters. The Hall–Kier alpha value is -3.84. The first-order valence-corrected chi connectivity index (χ1v) is 10.3. The topological polar surface area (TPSA) is 3.24 Å². The minimum Gasteiger partial charge on any atom is -0.310 e. The Labute approximate surface area is 177 Å². The summed E-state index contributed by atoms with van der Waals surface area (Å²) in [6.07, 6.45) is 0. The number of nitrogens with zero attached hydrogens (tertiary/aromatic N) is 1. The molecule has 0 amide bonds. The molecule has 0 heterocycles. The number of anilines is 3. The molecule has 5 rings (SSSR count). The van der Waals surface area contributed by atoms with Gasteiger partial charge in [0.05, 0.1) is 0 Å². The zero-order valence-electron chi connectivity index (χ0n) is 17.0. The molecular weight excluding hydrogens is 362 g/mol. The summed E-state index contributed by atoms with van der Waals surface area (Å²) in [5.74, 6) is 0. The van der Waals surface area contributed by atoms with E-state index in [1.54, 1.807) is 0 Å². The van der Waals surface area contributed by atoms with Crippen LogP contribution < -0.4 is 4.90 Å². The first-order chi connectivity index (χ1) is 14.8. The standard InChI is InChI=1S/C29H23N/c1-22-15-18-24-9-8-10-25-19-16-23(21-28(24)25)17-20-29(22)30(26-11-4-2-5-12-26)27-13-6-3-7-14-27/h2-21H,1H3. The van der Waals surface area contributed by atoms with E-state index in [9.17, 15) is 0 Å². The van der Waals surface area contributed by atoms with E-state index < -0.39 is 0 Å². The van der Waals surface area contributed by atoms with Crippen molar-refractivity contribution in [2.45, 2.75) is 6.92 Å². The normalized spacial score (nSPS) is 10.8. The average Bonchev–Trinajstić information content (AvgIpc) is 2.81. The fourth-order valence-corrected chi connectivity index (χ4v) is 4.00. The molecule has 0 aromatic heterocycles. The monoisotopic (exact) mass is 385 g/mol. The van der Waals surface area contributed by atoms with Crippen LogP contribution in [0.25, 0.3) is 21.5 Å². The zero-order valence-corrected chi connectivity index (χ0v) is 17.0. The second-order valence-electron chi connectivity index (χ2n) is 7.57. The van der Waals surface area contributed by atoms with Crippen molar-refractivity contribution in [2.75, 3.05) is 4.90 Å². The highest BCUT2D eigenvalue weighted by atomic mass is 15.1. The molecule has 5 aromatic rings. The molecule has 2 bridgehead atoms. The van der Waals surface area contributed by atoms with Gasteiger partial charge in [-0.15, -0.1) is 0 Å². The second-order valence-corrected chi connectivity index (χ2v) is 7.57. The minimum absolute atomic E-state index is 1.14. The van der Waals surface area contributed by atoms with Crippen LogP contribution in [0.1, 0.15) is 5.56 Å². The molecule has 5 aromatic carbocycles. The lowest BCUT2D eigenvalue weighted by Crippen LogP contribution is -2.10. The van der Waals surface area contributed by atoms with E-state index in [1.807, 2.05) is 0 Å². The molecule has 0 saturated heterocycles. The Morgan fingerprint density at radius 2 is 1.07 bits per heavy atom. The number of para-hydroxylation sites is 2. The lowest BCUT2D eigenvalue weighted by atomic mass is 10.0. The van der Waals surface area contributed by atoms with E-state index in [1.165, 1.54) is 27.1 Å². The Morgan fingerprint density at radius 3 is 1.70 bits per heavy atom. The average molecular weight is 386 g/mol. The molecule has 0 radical (unpaired) electrons. The predicted molar refractivity (Wildman–Crippen MR) is 130 cm³/mol. The molecule has 30 heavy (non-hydrogen) atoms. The Kier molecular flexibility index (Phi) is 4.78. The summed E-state index contributed by atoms with van der Waals surface area (Å²) >= 11 is 0. The lowest BCUT2D eigenvalue weighted by molar-refractivity contribution is 1.26. The first-order valence-electron chi connectivity index (χ1n) is 10.3. The van der Waals surface area contributed by atoms with E-state index in [-0.39, 0.29) is 0 Å². The molecule has 0 N–H and O–H groups in total. The van der Waals surface area contributed by atoms with Crippen molar-refractivity contribution in [3.63, 3.8) is 0 Å². The quantitative estimate of drug-likeness (QED) is 0.302. The maximum Gasteiger partial charge on any atom is 0.0490 e. The van der Waals surface area contributed by atoms with Crippen molar-refractivity contribution in [1.29, 1.82) is 0 Å². The summed E-state index contributed by atoms with van der Waals surface area (Å²) in [5, 5.41) is 5.01. The van der Waals surface area contributed by atoms with Crippen molar-refractivity contribution in [2.24, 2.45) is 0 Å². The van der Waals surface area contributed by atoms with E-state index in [4.69, 9.17) is 0 Å². The smallest absolute Gasteiger partial charge is 0.0490 e. The van der Waals surface area contributed by atoms with E-state index in [2.05, 4.69) is 133 Å². The van der Waals surface area contributed by atoms with Crippen LogP contribution in [0.4, 0.5) is 17.1 Å². The molecule has 0 aliphatic rings. The highest BCUT2D eigenvalue weighted by Crippen LogP contribution is 2.35. The molecule has 0 atom stereocenters. The largest absolute Gasteiger partial charge is 0.310 e. The summed E-state index contributed by atoms with van der Waals surface area (Å²) in [5.41, 5.74) is 4.65. The van der Waals surface area contributed by atoms with E-state index in [0.29, 0.717) is 0 Å². The molecule has 0 aliphatic carbocycles. The van der Waals surface area contributed by atoms with Gasteiger partial charge in [-0.25, -0.2) is 0 Å². The summed E-state index contributed by atoms with van der Waals surface area (Å²) in [7, 11) is 0. The van der Waals surface area contributed by atoms with Crippen molar-refractivity contribution < 1.29 is 0 Å². The van der Waals surface area contributed by atoms with Gasteiger partial charge in [0.2, 0.25) is 0 Å². The first kappa shape index (κ1) is 18.2. The van der Waals surface area contributed by atoms with Gasteiger partial charge in [-0.2, -0.15) is 0 Å². The van der Waals surface area contributed by atoms with Crippen molar-refractivity contribution >= 4 is 38.6 Å². The number of aryl methyl sites for hydroxylation is 1. The summed E-state index contributed by atoms with van der Waals surface area (Å²) in [6, 6.07) is 43.2. The number of fused-ring (bicyclic) bond motifs is 1. The van der Waals surface area contributed by atoms with Crippen LogP contribution in [0.15, 0.2) is 121 Å². The van der Waals surface area contributed by atoms with E-state index in [0.717, 1.165) is 17.1 Å². The molecule has 144 valence electrons. The van der Waals surface area contributed by atoms with Gasteiger partial charge in [-0.3, -0.25) is 0 Å². The SMILES string of the molecule is Cc1ccc2cccc3ccc(ccc1N(c1ccccc1)c1ccccc1)cc23. The Morgan fingerprint density at radius 1 is 0.500 bits per heavy atom. The van der Waals surface area contributed by atoms with Gasteiger partial charge < -0.3 is 4.90 Å². The molecule has 0 saturated carbocycles. The van der Waals surface area contributed by atoms with Gasteiger partial charge >= 0.3 is 0 Å². The minimum atomic E-state index is 1.14. The van der Waals surface area contributed by atoms with Crippen LogP contribution in [0, 0.1) is 6.92 Å². The fourth-order valence-electron chi connectivity index (χ4n) is 4.00. The summed E-state index contributed by atoms with van der Waals surface area (Å²) in [4.78, 5) is 2.32. The van der Waals surface area contributed by atoms with Crippen molar-refractivity contribution in [3.05, 3.63) is 127 Å². The van der Waals surface area contributed by atoms with Gasteiger partial charge in [-0.05, 0) is 70.4 Å². The van der Waals surface area contributed by atoms with Gasteiger partial charge in [0.15, 0.2) is 0 Å². The summed E-state index contributed by atoms with van der Waals surface area (Å²) in [6.45, 7) is 2.19. The van der Waals surface area contributed by atoms with Crippen LogP contribution in [-0.4, -0.2) is 0 Å². The Balaban J connectivity index is 1.81. The number of benzene rings is 4. The molecule has 1 heteroatoms. The van der Waals surface area contributed by atoms with Crippen molar-refractivity contribution in [1.82, 2.24) is 0 Å². The number of hydrogen-bond donors (Lipinski definition) is 0. The van der Waals surface area contributed by atoms with Gasteiger partial charge in [0.1, 0.15) is 0 Å². The Bertz CT molecular complexity index is 1300. The second kappa shape index (κ2) is 7.88. The van der Waals surface area contributed by atoms with Gasteiger partial charge in [0.25, 0.3) is 0 Å². The van der Waals surface area contributed by atoms with Crippen LogP contribution in [0.3, 0.4) is 0 Å². The highest BCUT2D eigenvalue weighted by Gasteiger charge is 2.12. The van der Waals surface area contributed by atoms with Crippen LogP contribution >= 0.6 is 0 Å². The van der Waals surface area contributed by atoms with Gasteiger partial charge in [0, 0.05) is 17.1 Å². The van der Waals surface area contributed by atoms with Crippen LogP contribution in [0.5, 0.6) is 0 Å².